The Bertz CT molecular complexity index is 1120. The van der Waals surface area contributed by atoms with Crippen molar-refractivity contribution < 1.29 is 18.3 Å². The highest BCUT2D eigenvalue weighted by Gasteiger charge is 2.30. The predicted molar refractivity (Wildman–Crippen MR) is 112 cm³/mol. The topological polar surface area (TPSA) is 88.5 Å². The van der Waals surface area contributed by atoms with Gasteiger partial charge in [-0.3, -0.25) is 9.71 Å². The molecule has 7 heteroatoms. The third-order valence-corrected chi connectivity index (χ3v) is 5.60. The lowest BCUT2D eigenvalue weighted by Crippen LogP contribution is -2.27. The maximum atomic E-state index is 11.7. The van der Waals surface area contributed by atoms with E-state index in [4.69, 9.17) is 4.74 Å². The van der Waals surface area contributed by atoms with E-state index in [-0.39, 0.29) is 5.92 Å². The summed E-state index contributed by atoms with van der Waals surface area (Å²) < 4.78 is 31.9. The van der Waals surface area contributed by atoms with E-state index < -0.39 is 16.1 Å². The van der Waals surface area contributed by atoms with Gasteiger partial charge >= 0.3 is 0 Å². The van der Waals surface area contributed by atoms with Gasteiger partial charge in [0.1, 0.15) is 5.75 Å². The number of rotatable bonds is 5. The van der Waals surface area contributed by atoms with E-state index in [2.05, 4.69) is 9.71 Å². The van der Waals surface area contributed by atoms with Crippen LogP contribution in [-0.4, -0.2) is 31.4 Å². The van der Waals surface area contributed by atoms with Gasteiger partial charge in [-0.15, -0.1) is 0 Å². The molecule has 0 amide bonds. The normalized spacial score (nSPS) is 18.6. The van der Waals surface area contributed by atoms with Crippen LogP contribution < -0.4 is 9.46 Å². The van der Waals surface area contributed by atoms with Gasteiger partial charge in [-0.1, -0.05) is 30.3 Å². The van der Waals surface area contributed by atoms with Gasteiger partial charge in [-0.2, -0.15) is 0 Å². The molecule has 0 saturated heterocycles. The van der Waals surface area contributed by atoms with E-state index >= 15 is 0 Å². The fourth-order valence-electron chi connectivity index (χ4n) is 3.63. The number of aliphatic hydroxyl groups excluding tert-OH is 1. The van der Waals surface area contributed by atoms with Crippen molar-refractivity contribution >= 4 is 15.7 Å². The van der Waals surface area contributed by atoms with Gasteiger partial charge in [-0.05, 0) is 41.8 Å². The number of anilines is 1. The summed E-state index contributed by atoms with van der Waals surface area (Å²) in [7, 11) is -3.40. The second-order valence-electron chi connectivity index (χ2n) is 7.25. The van der Waals surface area contributed by atoms with Gasteiger partial charge in [-0.25, -0.2) is 8.42 Å². The van der Waals surface area contributed by atoms with Gasteiger partial charge in [0.15, 0.2) is 0 Å². The highest BCUT2D eigenvalue weighted by Crippen LogP contribution is 2.40. The molecule has 3 aromatic rings. The number of aromatic nitrogens is 1. The van der Waals surface area contributed by atoms with Crippen LogP contribution in [-0.2, 0) is 16.4 Å². The van der Waals surface area contributed by atoms with E-state index in [9.17, 15) is 13.5 Å². The first kappa shape index (κ1) is 19.4. The van der Waals surface area contributed by atoms with Crippen molar-refractivity contribution in [2.45, 2.75) is 12.5 Å². The molecule has 4 rings (SSSR count). The van der Waals surface area contributed by atoms with Crippen molar-refractivity contribution in [2.24, 2.45) is 5.92 Å². The zero-order valence-corrected chi connectivity index (χ0v) is 16.8. The molecule has 2 aromatic carbocycles. The maximum absolute atomic E-state index is 11.7. The molecule has 29 heavy (non-hydrogen) atoms. The quantitative estimate of drug-likeness (QED) is 0.673. The molecule has 0 fully saturated rings. The number of hydrogen-bond donors (Lipinski definition) is 2. The van der Waals surface area contributed by atoms with Crippen molar-refractivity contribution in [2.75, 3.05) is 17.6 Å². The predicted octanol–water partition coefficient (Wildman–Crippen LogP) is 3.40. The summed E-state index contributed by atoms with van der Waals surface area (Å²) in [6.07, 6.45) is 4.68. The van der Waals surface area contributed by atoms with Gasteiger partial charge in [0, 0.05) is 29.4 Å². The fourth-order valence-corrected chi connectivity index (χ4v) is 4.21. The summed E-state index contributed by atoms with van der Waals surface area (Å²) in [4.78, 5) is 4.02. The minimum Gasteiger partial charge on any atom is -0.493 e. The molecule has 0 spiro atoms. The Hall–Kier alpha value is -2.90. The minimum atomic E-state index is -3.40. The van der Waals surface area contributed by atoms with Crippen LogP contribution in [0.15, 0.2) is 67.0 Å². The van der Waals surface area contributed by atoms with Crippen LogP contribution >= 0.6 is 0 Å². The lowest BCUT2D eigenvalue weighted by Gasteiger charge is -2.31. The Morgan fingerprint density at radius 2 is 1.90 bits per heavy atom. The van der Waals surface area contributed by atoms with Gasteiger partial charge < -0.3 is 9.84 Å². The third kappa shape index (κ3) is 4.41. The van der Waals surface area contributed by atoms with E-state index in [0.717, 1.165) is 28.5 Å². The SMILES string of the molecule is CS(=O)(=O)Nc1ccccc1-c1ccc2c(c1)OC[C@H](Cc1ccncc1)[C@H]2O. The van der Waals surface area contributed by atoms with E-state index in [0.29, 0.717) is 24.5 Å². The zero-order chi connectivity index (χ0) is 20.4. The van der Waals surface area contributed by atoms with E-state index in [1.807, 2.05) is 42.5 Å². The minimum absolute atomic E-state index is 0.0464. The summed E-state index contributed by atoms with van der Waals surface area (Å²) in [5, 5.41) is 10.9. The van der Waals surface area contributed by atoms with Crippen molar-refractivity contribution in [3.8, 4) is 16.9 Å². The van der Waals surface area contributed by atoms with Gasteiger partial charge in [0.25, 0.3) is 0 Å². The molecule has 1 aromatic heterocycles. The van der Waals surface area contributed by atoms with Crippen LogP contribution in [0.1, 0.15) is 17.2 Å². The number of nitrogens with one attached hydrogen (secondary N) is 1. The Balaban J connectivity index is 1.61. The molecule has 1 aliphatic heterocycles. The standard InChI is InChI=1S/C22H22N2O4S/c1-29(26,27)24-20-5-3-2-4-18(20)16-6-7-19-21(13-16)28-14-17(22(19)25)12-15-8-10-23-11-9-15/h2-11,13,17,22,24-25H,12,14H2,1H3/t17-,22+/m0/s1. The first-order valence-electron chi connectivity index (χ1n) is 9.31. The molecule has 2 N–H and O–H groups in total. The maximum Gasteiger partial charge on any atom is 0.229 e. The molecular formula is C22H22N2O4S. The molecular weight excluding hydrogens is 388 g/mol. The molecule has 2 heterocycles. The van der Waals surface area contributed by atoms with E-state index in [1.165, 1.54) is 0 Å². The molecule has 0 aliphatic carbocycles. The van der Waals surface area contributed by atoms with Crippen LogP contribution in [0.5, 0.6) is 5.75 Å². The van der Waals surface area contributed by atoms with Crippen molar-refractivity contribution in [1.29, 1.82) is 0 Å². The van der Waals surface area contributed by atoms with Crippen LogP contribution in [0.3, 0.4) is 0 Å². The molecule has 0 saturated carbocycles. The highest BCUT2D eigenvalue weighted by molar-refractivity contribution is 7.92. The van der Waals surface area contributed by atoms with Crippen molar-refractivity contribution in [3.63, 3.8) is 0 Å². The molecule has 1 aliphatic rings. The first-order valence-corrected chi connectivity index (χ1v) is 11.2. The van der Waals surface area contributed by atoms with Crippen molar-refractivity contribution in [3.05, 3.63) is 78.1 Å². The Labute approximate surface area is 170 Å². The van der Waals surface area contributed by atoms with Crippen LogP contribution in [0.4, 0.5) is 5.69 Å². The lowest BCUT2D eigenvalue weighted by atomic mass is 9.87. The Kier molecular flexibility index (Phi) is 5.25. The number of pyridine rings is 1. The number of hydrogen-bond acceptors (Lipinski definition) is 5. The molecule has 150 valence electrons. The highest BCUT2D eigenvalue weighted by atomic mass is 32.2. The number of nitrogens with zero attached hydrogens (tertiary/aromatic N) is 1. The number of sulfonamides is 1. The monoisotopic (exact) mass is 410 g/mol. The number of para-hydroxylation sites is 1. The van der Waals surface area contributed by atoms with Crippen LogP contribution in [0.2, 0.25) is 0 Å². The molecule has 0 bridgehead atoms. The Morgan fingerprint density at radius 3 is 2.66 bits per heavy atom. The summed E-state index contributed by atoms with van der Waals surface area (Å²) in [5.74, 6) is 0.574. The molecule has 0 radical (unpaired) electrons. The lowest BCUT2D eigenvalue weighted by molar-refractivity contribution is 0.0508. The number of benzene rings is 2. The Morgan fingerprint density at radius 1 is 1.14 bits per heavy atom. The molecule has 2 atom stereocenters. The largest absolute Gasteiger partial charge is 0.493 e. The third-order valence-electron chi connectivity index (χ3n) is 5.01. The summed E-state index contributed by atoms with van der Waals surface area (Å²) in [5.41, 5.74) is 3.91. The van der Waals surface area contributed by atoms with Crippen LogP contribution in [0.25, 0.3) is 11.1 Å². The smallest absolute Gasteiger partial charge is 0.229 e. The number of ether oxygens (including phenoxy) is 1. The zero-order valence-electron chi connectivity index (χ0n) is 15.9. The first-order chi connectivity index (χ1) is 13.9. The average molecular weight is 410 g/mol. The van der Waals surface area contributed by atoms with Gasteiger partial charge in [0.2, 0.25) is 10.0 Å². The number of fused-ring (bicyclic) bond motifs is 1. The summed E-state index contributed by atoms with van der Waals surface area (Å²) in [6, 6.07) is 16.7. The fraction of sp³-hybridized carbons (Fsp3) is 0.227. The average Bonchev–Trinajstić information content (AvgIpc) is 2.70. The summed E-state index contributed by atoms with van der Waals surface area (Å²) >= 11 is 0. The van der Waals surface area contributed by atoms with Gasteiger partial charge in [0.05, 0.1) is 24.7 Å². The second kappa shape index (κ2) is 7.85. The molecule has 0 unspecified atom stereocenters. The summed E-state index contributed by atoms with van der Waals surface area (Å²) in [6.45, 7) is 0.406. The van der Waals surface area contributed by atoms with E-state index in [1.54, 1.807) is 24.5 Å². The van der Waals surface area contributed by atoms with Crippen molar-refractivity contribution in [1.82, 2.24) is 4.98 Å². The van der Waals surface area contributed by atoms with Crippen LogP contribution in [0, 0.1) is 5.92 Å². The molecule has 6 nitrogen and oxygen atoms in total. The second-order valence-corrected chi connectivity index (χ2v) is 9.00. The number of aliphatic hydroxyl groups is 1.